The van der Waals surface area contributed by atoms with Crippen LogP contribution in [-0.4, -0.2) is 45.8 Å². The Morgan fingerprint density at radius 1 is 1.38 bits per heavy atom. The molecule has 3 heterocycles. The molecule has 1 unspecified atom stereocenters. The van der Waals surface area contributed by atoms with Crippen molar-refractivity contribution in [1.29, 1.82) is 0 Å². The van der Waals surface area contributed by atoms with E-state index in [1.54, 1.807) is 12.5 Å². The Morgan fingerprint density at radius 3 is 2.88 bits per heavy atom. The zero-order valence-corrected chi connectivity index (χ0v) is 17.6. The summed E-state index contributed by atoms with van der Waals surface area (Å²) < 4.78 is 7.69. The molecule has 1 atom stereocenters. The first-order valence-electron chi connectivity index (χ1n) is 8.78. The standard InChI is InChI=1S/C18H26N6O.HI/c1-3-20-17(23-13-18(2)7-4-10-25-18)22-12-15-5-6-16(21-11-15)24-9-8-19-14-24;/h5-6,8-9,11,14H,3-4,7,10,12-13H2,1-2H3,(H2,20,22,23);1H. The first-order valence-corrected chi connectivity index (χ1v) is 8.78. The average molecular weight is 470 g/mol. The highest BCUT2D eigenvalue weighted by atomic mass is 127. The predicted octanol–water partition coefficient (Wildman–Crippen LogP) is 2.51. The topological polar surface area (TPSA) is 76.4 Å². The Kier molecular flexibility index (Phi) is 7.83. The van der Waals surface area contributed by atoms with Gasteiger partial charge in [-0.05, 0) is 38.3 Å². The van der Waals surface area contributed by atoms with Crippen molar-refractivity contribution in [3.05, 3.63) is 42.6 Å². The molecule has 0 radical (unpaired) electrons. The second-order valence-electron chi connectivity index (χ2n) is 6.45. The SMILES string of the molecule is CCNC(=NCc1ccc(-n2ccnc2)nc1)NCC1(C)CCCO1.I. The maximum absolute atomic E-state index is 5.82. The molecule has 0 spiro atoms. The van der Waals surface area contributed by atoms with Gasteiger partial charge in [-0.3, -0.25) is 4.57 Å². The number of pyridine rings is 1. The van der Waals surface area contributed by atoms with Crippen molar-refractivity contribution < 1.29 is 4.74 Å². The molecule has 0 saturated carbocycles. The highest BCUT2D eigenvalue weighted by Crippen LogP contribution is 2.23. The van der Waals surface area contributed by atoms with Gasteiger partial charge in [-0.2, -0.15) is 0 Å². The van der Waals surface area contributed by atoms with Crippen molar-refractivity contribution in [3.8, 4) is 5.82 Å². The molecule has 0 bridgehead atoms. The molecular formula is C18H27IN6O. The second-order valence-corrected chi connectivity index (χ2v) is 6.45. The minimum Gasteiger partial charge on any atom is -0.373 e. The average Bonchev–Trinajstić information content (AvgIpc) is 3.30. The third-order valence-corrected chi connectivity index (χ3v) is 4.27. The van der Waals surface area contributed by atoms with Crippen molar-refractivity contribution in [2.75, 3.05) is 19.7 Å². The number of imidazole rings is 1. The molecule has 142 valence electrons. The molecule has 0 aromatic carbocycles. The number of aliphatic imine (C=N–C) groups is 1. The summed E-state index contributed by atoms with van der Waals surface area (Å²) in [6.45, 7) is 7.21. The number of nitrogens with zero attached hydrogens (tertiary/aromatic N) is 4. The van der Waals surface area contributed by atoms with Crippen LogP contribution >= 0.6 is 24.0 Å². The number of hydrogen-bond donors (Lipinski definition) is 2. The van der Waals surface area contributed by atoms with E-state index in [4.69, 9.17) is 4.74 Å². The van der Waals surface area contributed by atoms with Crippen LogP contribution in [0.15, 0.2) is 42.0 Å². The van der Waals surface area contributed by atoms with Crippen LogP contribution < -0.4 is 10.6 Å². The largest absolute Gasteiger partial charge is 0.373 e. The van der Waals surface area contributed by atoms with Gasteiger partial charge >= 0.3 is 0 Å². The van der Waals surface area contributed by atoms with Crippen LogP contribution in [0.5, 0.6) is 0 Å². The number of hydrogen-bond acceptors (Lipinski definition) is 4. The minimum atomic E-state index is -0.0931. The second kappa shape index (κ2) is 9.86. The summed E-state index contributed by atoms with van der Waals surface area (Å²) in [6.07, 6.45) is 9.41. The summed E-state index contributed by atoms with van der Waals surface area (Å²) in [6, 6.07) is 4.01. The molecule has 2 N–H and O–H groups in total. The Balaban J connectivity index is 0.00000243. The summed E-state index contributed by atoms with van der Waals surface area (Å²) >= 11 is 0. The summed E-state index contributed by atoms with van der Waals surface area (Å²) in [5, 5.41) is 6.67. The van der Waals surface area contributed by atoms with Gasteiger partial charge in [0.25, 0.3) is 0 Å². The molecule has 26 heavy (non-hydrogen) atoms. The van der Waals surface area contributed by atoms with Crippen molar-refractivity contribution in [3.63, 3.8) is 0 Å². The van der Waals surface area contributed by atoms with E-state index in [9.17, 15) is 0 Å². The molecule has 3 rings (SSSR count). The maximum atomic E-state index is 5.82. The lowest BCUT2D eigenvalue weighted by atomic mass is 10.0. The highest BCUT2D eigenvalue weighted by molar-refractivity contribution is 14.0. The molecule has 1 aliphatic rings. The molecule has 1 saturated heterocycles. The zero-order valence-electron chi connectivity index (χ0n) is 15.3. The fourth-order valence-electron chi connectivity index (χ4n) is 2.82. The van der Waals surface area contributed by atoms with E-state index in [2.05, 4.69) is 39.4 Å². The van der Waals surface area contributed by atoms with Gasteiger partial charge in [-0.25, -0.2) is 15.0 Å². The lowest BCUT2D eigenvalue weighted by Gasteiger charge is -2.24. The van der Waals surface area contributed by atoms with E-state index in [-0.39, 0.29) is 29.6 Å². The van der Waals surface area contributed by atoms with Crippen LogP contribution in [0.4, 0.5) is 0 Å². The third-order valence-electron chi connectivity index (χ3n) is 4.27. The van der Waals surface area contributed by atoms with Crippen LogP contribution in [0.3, 0.4) is 0 Å². The quantitative estimate of drug-likeness (QED) is 0.386. The van der Waals surface area contributed by atoms with Crippen LogP contribution in [0.2, 0.25) is 0 Å². The van der Waals surface area contributed by atoms with Gasteiger partial charge < -0.3 is 15.4 Å². The smallest absolute Gasteiger partial charge is 0.191 e. The molecular weight excluding hydrogens is 443 g/mol. The molecule has 0 amide bonds. The molecule has 7 nitrogen and oxygen atoms in total. The molecule has 1 aliphatic heterocycles. The highest BCUT2D eigenvalue weighted by Gasteiger charge is 2.29. The molecule has 1 fully saturated rings. The van der Waals surface area contributed by atoms with Crippen LogP contribution in [0.1, 0.15) is 32.3 Å². The Labute approximate surface area is 171 Å². The first-order chi connectivity index (χ1) is 12.2. The van der Waals surface area contributed by atoms with Gasteiger partial charge in [0.1, 0.15) is 12.1 Å². The molecule has 2 aromatic rings. The lowest BCUT2D eigenvalue weighted by Crippen LogP contribution is -2.45. The normalized spacial score (nSPS) is 19.8. The maximum Gasteiger partial charge on any atom is 0.191 e. The molecule has 8 heteroatoms. The van der Waals surface area contributed by atoms with Gasteiger partial charge in [0.2, 0.25) is 0 Å². The van der Waals surface area contributed by atoms with Crippen LogP contribution in [0, 0.1) is 0 Å². The molecule has 0 aliphatic carbocycles. The number of guanidine groups is 1. The van der Waals surface area contributed by atoms with Gasteiger partial charge in [0.05, 0.1) is 12.1 Å². The van der Waals surface area contributed by atoms with E-state index in [0.717, 1.165) is 49.9 Å². The van der Waals surface area contributed by atoms with Crippen molar-refractivity contribution >= 4 is 29.9 Å². The van der Waals surface area contributed by atoms with Crippen LogP contribution in [0.25, 0.3) is 5.82 Å². The summed E-state index contributed by atoms with van der Waals surface area (Å²) in [4.78, 5) is 13.1. The number of halogens is 1. The van der Waals surface area contributed by atoms with Crippen molar-refractivity contribution in [2.45, 2.75) is 38.8 Å². The van der Waals surface area contributed by atoms with Gasteiger partial charge in [-0.1, -0.05) is 6.07 Å². The van der Waals surface area contributed by atoms with Crippen molar-refractivity contribution in [2.24, 2.45) is 4.99 Å². The fraction of sp³-hybridized carbons (Fsp3) is 0.500. The van der Waals surface area contributed by atoms with Crippen molar-refractivity contribution in [1.82, 2.24) is 25.2 Å². The number of aromatic nitrogens is 3. The molecule has 2 aromatic heterocycles. The van der Waals surface area contributed by atoms with Gasteiger partial charge in [0, 0.05) is 38.3 Å². The van der Waals surface area contributed by atoms with E-state index < -0.39 is 0 Å². The van der Waals surface area contributed by atoms with E-state index in [1.807, 2.05) is 29.1 Å². The fourth-order valence-corrected chi connectivity index (χ4v) is 2.82. The summed E-state index contributed by atoms with van der Waals surface area (Å²) in [5.41, 5.74) is 0.967. The Bertz CT molecular complexity index is 680. The summed E-state index contributed by atoms with van der Waals surface area (Å²) in [5.74, 6) is 1.65. The number of rotatable bonds is 6. The Morgan fingerprint density at radius 2 is 2.27 bits per heavy atom. The Hall–Kier alpha value is -1.68. The predicted molar refractivity (Wildman–Crippen MR) is 113 cm³/mol. The minimum absolute atomic E-state index is 0. The monoisotopic (exact) mass is 470 g/mol. The lowest BCUT2D eigenvalue weighted by molar-refractivity contribution is 0.0243. The first kappa shape index (κ1) is 20.6. The van der Waals surface area contributed by atoms with E-state index >= 15 is 0 Å². The van der Waals surface area contributed by atoms with Gasteiger partial charge in [0.15, 0.2) is 5.96 Å². The third kappa shape index (κ3) is 5.66. The van der Waals surface area contributed by atoms with E-state index in [0.29, 0.717) is 6.54 Å². The van der Waals surface area contributed by atoms with Crippen LogP contribution in [-0.2, 0) is 11.3 Å². The summed E-state index contributed by atoms with van der Waals surface area (Å²) in [7, 11) is 0. The zero-order chi connectivity index (χ0) is 17.5. The number of nitrogens with one attached hydrogen (secondary N) is 2. The van der Waals surface area contributed by atoms with Gasteiger partial charge in [-0.15, -0.1) is 24.0 Å². The number of ether oxygens (including phenoxy) is 1. The van der Waals surface area contributed by atoms with E-state index in [1.165, 1.54) is 0 Å².